The van der Waals surface area contributed by atoms with E-state index in [-0.39, 0.29) is 0 Å². The largest absolute Gasteiger partial charge is 0.389 e. The Kier molecular flexibility index (Phi) is 4.61. The highest BCUT2D eigenvalue weighted by Crippen LogP contribution is 2.29. The minimum absolute atomic E-state index is 0.413. The third-order valence-corrected chi connectivity index (χ3v) is 3.65. The Morgan fingerprint density at radius 3 is 2.94 bits per heavy atom. The smallest absolute Gasteiger partial charge is 0.0781 e. The summed E-state index contributed by atoms with van der Waals surface area (Å²) in [5, 5.41) is 9.85. The van der Waals surface area contributed by atoms with Crippen molar-refractivity contribution in [3.63, 3.8) is 0 Å². The van der Waals surface area contributed by atoms with Crippen LogP contribution in [0.15, 0.2) is 24.3 Å². The van der Waals surface area contributed by atoms with E-state index in [0.29, 0.717) is 5.92 Å². The first kappa shape index (κ1) is 13.4. The summed E-state index contributed by atoms with van der Waals surface area (Å²) < 4.78 is 5.27. The number of hydrogen-bond acceptors (Lipinski definition) is 3. The Hall–Kier alpha value is -1.06. The average molecular weight is 249 g/mol. The maximum Gasteiger partial charge on any atom is 0.0781 e. The van der Waals surface area contributed by atoms with Crippen LogP contribution in [0.2, 0.25) is 0 Å². The minimum Gasteiger partial charge on any atom is -0.389 e. The number of nitrogens with zero attached hydrogens (tertiary/aromatic N) is 1. The molecule has 0 aromatic heterocycles. The van der Waals surface area contributed by atoms with Crippen LogP contribution in [0.5, 0.6) is 0 Å². The molecule has 0 saturated carbocycles. The summed E-state index contributed by atoms with van der Waals surface area (Å²) in [6.45, 7) is 4.75. The van der Waals surface area contributed by atoms with E-state index in [0.717, 1.165) is 25.3 Å². The second-order valence-electron chi connectivity index (χ2n) is 5.14. The lowest BCUT2D eigenvalue weighted by molar-refractivity contribution is 0.143. The number of methoxy groups -OCH3 is 1. The molecule has 0 aliphatic carbocycles. The first-order chi connectivity index (χ1) is 8.72. The van der Waals surface area contributed by atoms with E-state index >= 15 is 0 Å². The number of hydrogen-bond donors (Lipinski definition) is 1. The fraction of sp³-hybridized carbons (Fsp3) is 0.600. The molecule has 1 aromatic carbocycles. The van der Waals surface area contributed by atoms with Crippen molar-refractivity contribution in [1.29, 1.82) is 0 Å². The van der Waals surface area contributed by atoms with E-state index < -0.39 is 6.10 Å². The Morgan fingerprint density at radius 1 is 1.44 bits per heavy atom. The van der Waals surface area contributed by atoms with Gasteiger partial charge in [0, 0.05) is 31.5 Å². The van der Waals surface area contributed by atoms with Crippen molar-refractivity contribution in [2.45, 2.75) is 25.9 Å². The molecule has 1 N–H and O–H groups in total. The highest BCUT2D eigenvalue weighted by Gasteiger charge is 2.22. The van der Waals surface area contributed by atoms with Crippen LogP contribution in [0.1, 0.15) is 31.4 Å². The van der Waals surface area contributed by atoms with Gasteiger partial charge in [0.15, 0.2) is 0 Å². The van der Waals surface area contributed by atoms with Crippen LogP contribution < -0.4 is 4.90 Å². The number of benzene rings is 1. The first-order valence-corrected chi connectivity index (χ1v) is 6.73. The second kappa shape index (κ2) is 6.21. The molecule has 3 heteroatoms. The lowest BCUT2D eigenvalue weighted by Crippen LogP contribution is -2.37. The average Bonchev–Trinajstić information content (AvgIpc) is 2.39. The second-order valence-corrected chi connectivity index (χ2v) is 5.14. The lowest BCUT2D eigenvalue weighted by atomic mass is 9.97. The van der Waals surface area contributed by atoms with Gasteiger partial charge in [0.2, 0.25) is 0 Å². The molecular weight excluding hydrogens is 226 g/mol. The summed E-state index contributed by atoms with van der Waals surface area (Å²) in [5.41, 5.74) is 2.20. The van der Waals surface area contributed by atoms with Crippen LogP contribution >= 0.6 is 0 Å². The zero-order valence-electron chi connectivity index (χ0n) is 11.3. The maximum absolute atomic E-state index is 9.85. The molecular formula is C15H23NO2. The molecule has 0 amide bonds. The van der Waals surface area contributed by atoms with Gasteiger partial charge in [0.05, 0.1) is 12.7 Å². The van der Waals surface area contributed by atoms with Crippen molar-refractivity contribution >= 4 is 5.69 Å². The summed E-state index contributed by atoms with van der Waals surface area (Å²) in [7, 11) is 1.77. The van der Waals surface area contributed by atoms with Crippen LogP contribution in [-0.4, -0.2) is 31.9 Å². The molecule has 1 aliphatic rings. The highest BCUT2D eigenvalue weighted by molar-refractivity contribution is 5.54. The molecule has 2 rings (SSSR count). The van der Waals surface area contributed by atoms with Gasteiger partial charge in [-0.25, -0.2) is 0 Å². The van der Waals surface area contributed by atoms with Crippen LogP contribution in [0, 0.1) is 5.92 Å². The molecule has 1 unspecified atom stereocenters. The van der Waals surface area contributed by atoms with E-state index in [1.165, 1.54) is 18.5 Å². The highest BCUT2D eigenvalue weighted by atomic mass is 16.5. The first-order valence-electron chi connectivity index (χ1n) is 6.73. The summed E-state index contributed by atoms with van der Waals surface area (Å²) in [6.07, 6.45) is 2.02. The Labute approximate surface area is 109 Å². The van der Waals surface area contributed by atoms with Gasteiger partial charge in [-0.1, -0.05) is 18.2 Å². The molecule has 2 atom stereocenters. The topological polar surface area (TPSA) is 32.7 Å². The fourth-order valence-corrected chi connectivity index (χ4v) is 2.78. The number of rotatable bonds is 4. The molecule has 3 nitrogen and oxygen atoms in total. The molecule has 0 spiro atoms. The summed E-state index contributed by atoms with van der Waals surface area (Å²) in [5.74, 6) is 0.603. The van der Waals surface area contributed by atoms with E-state index in [2.05, 4.69) is 11.0 Å². The van der Waals surface area contributed by atoms with Gasteiger partial charge in [-0.15, -0.1) is 0 Å². The predicted molar refractivity (Wildman–Crippen MR) is 73.9 cm³/mol. The van der Waals surface area contributed by atoms with E-state index in [1.807, 2.05) is 25.1 Å². The predicted octanol–water partition coefficient (Wildman–Crippen LogP) is 2.60. The number of para-hydroxylation sites is 1. The third kappa shape index (κ3) is 3.03. The quantitative estimate of drug-likeness (QED) is 0.890. The molecule has 0 bridgehead atoms. The fourth-order valence-electron chi connectivity index (χ4n) is 2.78. The van der Waals surface area contributed by atoms with E-state index in [9.17, 15) is 5.11 Å². The van der Waals surface area contributed by atoms with E-state index in [4.69, 9.17) is 4.74 Å². The van der Waals surface area contributed by atoms with Crippen molar-refractivity contribution in [2.24, 2.45) is 5.92 Å². The Balaban J connectivity index is 2.15. The monoisotopic (exact) mass is 249 g/mol. The van der Waals surface area contributed by atoms with Crippen LogP contribution in [0.25, 0.3) is 0 Å². The molecule has 1 aliphatic heterocycles. The molecule has 0 radical (unpaired) electrons. The molecule has 1 saturated heterocycles. The van der Waals surface area contributed by atoms with Crippen LogP contribution in [-0.2, 0) is 4.74 Å². The van der Waals surface area contributed by atoms with Crippen molar-refractivity contribution < 1.29 is 9.84 Å². The van der Waals surface area contributed by atoms with Gasteiger partial charge < -0.3 is 14.7 Å². The summed E-state index contributed by atoms with van der Waals surface area (Å²) in [6, 6.07) is 8.15. The number of ether oxygens (including phenoxy) is 1. The zero-order chi connectivity index (χ0) is 13.0. The van der Waals surface area contributed by atoms with Gasteiger partial charge in [0.1, 0.15) is 0 Å². The zero-order valence-corrected chi connectivity index (χ0v) is 11.3. The SMILES string of the molecule is COCC1CCCN(c2ccccc2[C@H](C)O)C1. The maximum atomic E-state index is 9.85. The Bertz CT molecular complexity index is 377. The van der Waals surface area contributed by atoms with Crippen molar-refractivity contribution in [3.05, 3.63) is 29.8 Å². The Morgan fingerprint density at radius 2 is 2.22 bits per heavy atom. The van der Waals surface area contributed by atoms with Gasteiger partial charge in [-0.05, 0) is 31.7 Å². The number of anilines is 1. The molecule has 18 heavy (non-hydrogen) atoms. The number of aliphatic hydroxyl groups excluding tert-OH is 1. The molecule has 1 aromatic rings. The summed E-state index contributed by atoms with van der Waals surface area (Å²) >= 11 is 0. The van der Waals surface area contributed by atoms with Gasteiger partial charge >= 0.3 is 0 Å². The molecule has 1 fully saturated rings. The van der Waals surface area contributed by atoms with Crippen molar-refractivity contribution in [1.82, 2.24) is 0 Å². The molecule has 100 valence electrons. The van der Waals surface area contributed by atoms with E-state index in [1.54, 1.807) is 7.11 Å². The standard InChI is InChI=1S/C15H23NO2/c1-12(17)14-7-3-4-8-15(14)16-9-5-6-13(10-16)11-18-2/h3-4,7-8,12-13,17H,5-6,9-11H2,1-2H3/t12-,13?/m0/s1. The van der Waals surface area contributed by atoms with Crippen LogP contribution in [0.4, 0.5) is 5.69 Å². The van der Waals surface area contributed by atoms with Crippen molar-refractivity contribution in [3.8, 4) is 0 Å². The third-order valence-electron chi connectivity index (χ3n) is 3.65. The van der Waals surface area contributed by atoms with Gasteiger partial charge in [-0.3, -0.25) is 0 Å². The van der Waals surface area contributed by atoms with Crippen molar-refractivity contribution in [2.75, 3.05) is 31.7 Å². The van der Waals surface area contributed by atoms with Gasteiger partial charge in [0.25, 0.3) is 0 Å². The lowest BCUT2D eigenvalue weighted by Gasteiger charge is -2.35. The number of piperidine rings is 1. The minimum atomic E-state index is -0.413. The van der Waals surface area contributed by atoms with Gasteiger partial charge in [-0.2, -0.15) is 0 Å². The molecule has 1 heterocycles. The summed E-state index contributed by atoms with van der Waals surface area (Å²) in [4.78, 5) is 2.38. The number of aliphatic hydroxyl groups is 1. The normalized spacial score (nSPS) is 21.9. The van der Waals surface area contributed by atoms with Crippen LogP contribution in [0.3, 0.4) is 0 Å².